The highest BCUT2D eigenvalue weighted by atomic mass is 28.3. The standard InChI is InChI=1S/C32H38N4O7Si/c1-32(2,3)43-31(38)21-12-14-27(41-4)23(18-21)29(37)24-19-35(20-42-16-17-44(5,6)7)30-22(24)13-15-28(34-30)33-25-10-8-9-11-26(25)36(39)40/h8-15,18-19H,16-17,20H2,1-7H3,(H,33,34). The van der Waals surface area contributed by atoms with Crippen LogP contribution in [0.25, 0.3) is 11.0 Å². The van der Waals surface area contributed by atoms with Gasteiger partial charge in [0.2, 0.25) is 0 Å². The maximum atomic E-state index is 14.1. The maximum Gasteiger partial charge on any atom is 0.338 e. The molecule has 0 unspecified atom stereocenters. The Bertz CT molecular complexity index is 1700. The third-order valence-electron chi connectivity index (χ3n) is 6.64. The number of aromatic nitrogens is 2. The first-order chi connectivity index (χ1) is 20.7. The van der Waals surface area contributed by atoms with Crippen molar-refractivity contribution in [2.75, 3.05) is 19.0 Å². The van der Waals surface area contributed by atoms with Crippen molar-refractivity contribution in [2.45, 2.75) is 58.8 Å². The number of carbonyl (C=O) groups excluding carboxylic acids is 2. The van der Waals surface area contributed by atoms with Gasteiger partial charge >= 0.3 is 5.97 Å². The summed E-state index contributed by atoms with van der Waals surface area (Å²) in [5, 5.41) is 15.1. The van der Waals surface area contributed by atoms with E-state index >= 15 is 0 Å². The van der Waals surface area contributed by atoms with Gasteiger partial charge in [0.15, 0.2) is 5.78 Å². The van der Waals surface area contributed by atoms with E-state index in [1.807, 2.05) is 0 Å². The van der Waals surface area contributed by atoms with E-state index in [4.69, 9.17) is 19.2 Å². The van der Waals surface area contributed by atoms with Crippen LogP contribution in [0.3, 0.4) is 0 Å². The molecule has 2 heterocycles. The minimum Gasteiger partial charge on any atom is -0.496 e. The number of methoxy groups -OCH3 is 1. The van der Waals surface area contributed by atoms with Gasteiger partial charge in [0.25, 0.3) is 5.69 Å². The van der Waals surface area contributed by atoms with Crippen LogP contribution in [0.2, 0.25) is 25.7 Å². The number of nitro groups is 1. The lowest BCUT2D eigenvalue weighted by Crippen LogP contribution is -2.24. The van der Waals surface area contributed by atoms with Crippen molar-refractivity contribution in [1.29, 1.82) is 0 Å². The minimum atomic E-state index is -1.33. The van der Waals surface area contributed by atoms with Crippen LogP contribution < -0.4 is 10.1 Å². The predicted octanol–water partition coefficient (Wildman–Crippen LogP) is 7.20. The van der Waals surface area contributed by atoms with Crippen molar-refractivity contribution in [3.63, 3.8) is 0 Å². The molecule has 0 saturated heterocycles. The van der Waals surface area contributed by atoms with Crippen LogP contribution in [-0.2, 0) is 16.2 Å². The molecule has 0 aliphatic carbocycles. The second kappa shape index (κ2) is 13.0. The molecule has 2 aromatic heterocycles. The Morgan fingerprint density at radius 3 is 2.43 bits per heavy atom. The Labute approximate surface area is 257 Å². The number of ketones is 1. The first kappa shape index (κ1) is 32.4. The van der Waals surface area contributed by atoms with Crippen molar-refractivity contribution in [2.24, 2.45) is 0 Å². The van der Waals surface area contributed by atoms with Gasteiger partial charge in [-0.25, -0.2) is 9.78 Å². The Morgan fingerprint density at radius 2 is 1.77 bits per heavy atom. The van der Waals surface area contributed by atoms with E-state index in [1.54, 1.807) is 74.0 Å². The molecule has 0 fully saturated rings. The van der Waals surface area contributed by atoms with Crippen LogP contribution in [0.4, 0.5) is 17.2 Å². The molecule has 12 heteroatoms. The third-order valence-corrected chi connectivity index (χ3v) is 8.34. The molecule has 0 spiro atoms. The molecule has 0 aliphatic rings. The summed E-state index contributed by atoms with van der Waals surface area (Å²) in [5.74, 6) is -0.270. The zero-order valence-corrected chi connectivity index (χ0v) is 27.1. The number of rotatable bonds is 12. The highest BCUT2D eigenvalue weighted by Gasteiger charge is 2.25. The van der Waals surface area contributed by atoms with Gasteiger partial charge in [0.05, 0.1) is 23.2 Å². The molecule has 44 heavy (non-hydrogen) atoms. The number of carbonyl (C=O) groups is 2. The number of esters is 1. The lowest BCUT2D eigenvalue weighted by molar-refractivity contribution is -0.383. The van der Waals surface area contributed by atoms with Gasteiger partial charge < -0.3 is 24.1 Å². The number of anilines is 2. The van der Waals surface area contributed by atoms with E-state index in [9.17, 15) is 19.7 Å². The summed E-state index contributed by atoms with van der Waals surface area (Å²) in [6.07, 6.45) is 1.67. The normalized spacial score (nSPS) is 11.8. The fourth-order valence-electron chi connectivity index (χ4n) is 4.43. The molecule has 0 atom stereocenters. The third kappa shape index (κ3) is 7.88. The summed E-state index contributed by atoms with van der Waals surface area (Å²) in [6, 6.07) is 15.2. The van der Waals surface area contributed by atoms with Gasteiger partial charge in [0.1, 0.15) is 35.2 Å². The molecule has 0 amide bonds. The topological polar surface area (TPSA) is 135 Å². The van der Waals surface area contributed by atoms with Crippen LogP contribution >= 0.6 is 0 Å². The van der Waals surface area contributed by atoms with Crippen molar-refractivity contribution < 1.29 is 28.7 Å². The molecule has 0 radical (unpaired) electrons. The number of ether oxygens (including phenoxy) is 3. The highest BCUT2D eigenvalue weighted by Crippen LogP contribution is 2.31. The summed E-state index contributed by atoms with van der Waals surface area (Å²) in [6.45, 7) is 12.8. The quantitative estimate of drug-likeness (QED) is 0.0437. The molecule has 232 valence electrons. The number of hydrogen-bond acceptors (Lipinski definition) is 9. The summed E-state index contributed by atoms with van der Waals surface area (Å²) in [5.41, 5.74) is 0.682. The van der Waals surface area contributed by atoms with Gasteiger partial charge in [0, 0.05) is 37.9 Å². The Morgan fingerprint density at radius 1 is 1.05 bits per heavy atom. The van der Waals surface area contributed by atoms with E-state index in [0.717, 1.165) is 6.04 Å². The molecular formula is C32H38N4O7Si. The average molecular weight is 619 g/mol. The van der Waals surface area contributed by atoms with Crippen LogP contribution in [0.5, 0.6) is 5.75 Å². The van der Waals surface area contributed by atoms with E-state index in [-0.39, 0.29) is 35.0 Å². The smallest absolute Gasteiger partial charge is 0.338 e. The van der Waals surface area contributed by atoms with Gasteiger partial charge in [-0.15, -0.1) is 0 Å². The first-order valence-electron chi connectivity index (χ1n) is 14.2. The number of para-hydroxylation sites is 2. The van der Waals surface area contributed by atoms with E-state index in [0.29, 0.717) is 34.8 Å². The largest absolute Gasteiger partial charge is 0.496 e. The second-order valence-electron chi connectivity index (χ2n) is 12.6. The molecule has 0 saturated carbocycles. The minimum absolute atomic E-state index is 0.0905. The van der Waals surface area contributed by atoms with Crippen LogP contribution in [0, 0.1) is 10.1 Å². The molecule has 4 aromatic rings. The summed E-state index contributed by atoms with van der Waals surface area (Å²) >= 11 is 0. The fraction of sp³-hybridized carbons (Fsp3) is 0.344. The number of nitro benzene ring substituents is 1. The highest BCUT2D eigenvalue weighted by molar-refractivity contribution is 6.76. The molecular weight excluding hydrogens is 580 g/mol. The molecule has 1 N–H and O–H groups in total. The van der Waals surface area contributed by atoms with Gasteiger partial charge in [-0.3, -0.25) is 14.9 Å². The number of benzene rings is 2. The number of pyridine rings is 1. The monoisotopic (exact) mass is 618 g/mol. The summed E-state index contributed by atoms with van der Waals surface area (Å²) in [7, 11) is 0.122. The lowest BCUT2D eigenvalue weighted by Gasteiger charge is -2.20. The van der Waals surface area contributed by atoms with Crippen molar-refractivity contribution in [1.82, 2.24) is 9.55 Å². The maximum absolute atomic E-state index is 14.1. The molecule has 4 rings (SSSR count). The van der Waals surface area contributed by atoms with Gasteiger partial charge in [-0.1, -0.05) is 31.8 Å². The number of fused-ring (bicyclic) bond motifs is 1. The number of hydrogen-bond donors (Lipinski definition) is 1. The number of nitrogens with zero attached hydrogens (tertiary/aromatic N) is 3. The SMILES string of the molecule is COc1ccc(C(=O)OC(C)(C)C)cc1C(=O)c1cn(COCC[Si](C)(C)C)c2nc(Nc3ccccc3[N+](=O)[O-])ccc12. The Hall–Kier alpha value is -4.55. The van der Waals surface area contributed by atoms with Gasteiger partial charge in [-0.2, -0.15) is 0 Å². The van der Waals surface area contributed by atoms with E-state index in [1.165, 1.54) is 19.2 Å². The molecule has 0 aliphatic heterocycles. The van der Waals surface area contributed by atoms with E-state index < -0.39 is 24.6 Å². The van der Waals surface area contributed by atoms with Crippen LogP contribution in [0.15, 0.2) is 60.8 Å². The summed E-state index contributed by atoms with van der Waals surface area (Å²) < 4.78 is 18.7. The van der Waals surface area contributed by atoms with Crippen molar-refractivity contribution >= 4 is 48.1 Å². The molecule has 11 nitrogen and oxygen atoms in total. The Kier molecular flexibility index (Phi) is 9.55. The average Bonchev–Trinajstić information content (AvgIpc) is 3.31. The first-order valence-corrected chi connectivity index (χ1v) is 17.9. The zero-order chi connectivity index (χ0) is 32.2. The fourth-order valence-corrected chi connectivity index (χ4v) is 5.18. The lowest BCUT2D eigenvalue weighted by atomic mass is 10.00. The van der Waals surface area contributed by atoms with Gasteiger partial charge in [-0.05, 0) is 63.2 Å². The Balaban J connectivity index is 1.76. The van der Waals surface area contributed by atoms with Crippen molar-refractivity contribution in [3.05, 3.63) is 87.6 Å². The van der Waals surface area contributed by atoms with Crippen LogP contribution in [-0.4, -0.2) is 53.6 Å². The van der Waals surface area contributed by atoms with Crippen LogP contribution in [0.1, 0.15) is 47.1 Å². The second-order valence-corrected chi connectivity index (χ2v) is 18.2. The van der Waals surface area contributed by atoms with E-state index in [2.05, 4.69) is 25.0 Å². The molecule has 0 bridgehead atoms. The zero-order valence-electron chi connectivity index (χ0n) is 26.1. The predicted molar refractivity (Wildman–Crippen MR) is 172 cm³/mol. The molecule has 2 aromatic carbocycles. The van der Waals surface area contributed by atoms with Crippen molar-refractivity contribution in [3.8, 4) is 5.75 Å². The number of nitrogens with one attached hydrogen (secondary N) is 1. The summed E-state index contributed by atoms with van der Waals surface area (Å²) in [4.78, 5) is 42.7.